The van der Waals surface area contributed by atoms with Crippen LogP contribution in [0.3, 0.4) is 0 Å². The second-order valence-corrected chi connectivity index (χ2v) is 3.27. The zero-order chi connectivity index (χ0) is 11.5. The molecule has 16 heavy (non-hydrogen) atoms. The highest BCUT2D eigenvalue weighted by atomic mass is 16.5. The Morgan fingerprint density at radius 1 is 1.25 bits per heavy atom. The summed E-state index contributed by atoms with van der Waals surface area (Å²) in [6.07, 6.45) is 1.64. The van der Waals surface area contributed by atoms with Gasteiger partial charge in [-0.25, -0.2) is 4.79 Å². The lowest BCUT2D eigenvalue weighted by Gasteiger charge is -2.03. The van der Waals surface area contributed by atoms with Crippen LogP contribution in [0.1, 0.15) is 10.4 Å². The number of hydrogen-bond acceptors (Lipinski definition) is 4. The number of hydrogen-bond donors (Lipinski definition) is 0. The van der Waals surface area contributed by atoms with Crippen LogP contribution in [0.15, 0.2) is 30.5 Å². The Kier molecular flexibility index (Phi) is 2.72. The highest BCUT2D eigenvalue weighted by Crippen LogP contribution is 2.19. The largest absolute Gasteiger partial charge is 0.495 e. The quantitative estimate of drug-likeness (QED) is 0.722. The molecule has 1 aromatic carbocycles. The number of pyridine rings is 1. The van der Waals surface area contributed by atoms with Crippen LogP contribution in [-0.2, 0) is 4.74 Å². The highest BCUT2D eigenvalue weighted by molar-refractivity contribution is 5.94. The minimum atomic E-state index is -0.357. The van der Waals surface area contributed by atoms with Crippen molar-refractivity contribution in [3.05, 3.63) is 36.0 Å². The van der Waals surface area contributed by atoms with Crippen molar-refractivity contribution >= 4 is 16.9 Å². The van der Waals surface area contributed by atoms with Gasteiger partial charge in [0, 0.05) is 5.39 Å². The summed E-state index contributed by atoms with van der Waals surface area (Å²) in [4.78, 5) is 15.5. The number of nitrogens with zero attached hydrogens (tertiary/aromatic N) is 1. The summed E-state index contributed by atoms with van der Waals surface area (Å²) in [6.45, 7) is 0. The van der Waals surface area contributed by atoms with Crippen molar-refractivity contribution in [2.45, 2.75) is 0 Å². The number of aromatic nitrogens is 1. The van der Waals surface area contributed by atoms with Crippen molar-refractivity contribution in [1.29, 1.82) is 0 Å². The van der Waals surface area contributed by atoms with Gasteiger partial charge in [0.05, 0.1) is 31.5 Å². The Hall–Kier alpha value is -2.10. The van der Waals surface area contributed by atoms with Gasteiger partial charge in [0.25, 0.3) is 0 Å². The van der Waals surface area contributed by atoms with Gasteiger partial charge in [-0.05, 0) is 24.3 Å². The maximum absolute atomic E-state index is 11.3. The lowest BCUT2D eigenvalue weighted by atomic mass is 10.1. The fourth-order valence-corrected chi connectivity index (χ4v) is 1.47. The van der Waals surface area contributed by atoms with E-state index in [1.807, 2.05) is 6.07 Å². The maximum Gasteiger partial charge on any atom is 0.337 e. The summed E-state index contributed by atoms with van der Waals surface area (Å²) in [7, 11) is 2.93. The molecule has 0 aliphatic carbocycles. The lowest BCUT2D eigenvalue weighted by molar-refractivity contribution is 0.0601. The molecule has 0 bridgehead atoms. The number of methoxy groups -OCH3 is 2. The second kappa shape index (κ2) is 4.18. The Balaban J connectivity index is 2.54. The van der Waals surface area contributed by atoms with Crippen molar-refractivity contribution in [3.63, 3.8) is 0 Å². The summed E-state index contributed by atoms with van der Waals surface area (Å²) in [5.41, 5.74) is 1.32. The molecule has 2 rings (SSSR count). The van der Waals surface area contributed by atoms with Crippen LogP contribution in [0.2, 0.25) is 0 Å². The van der Waals surface area contributed by atoms with Crippen molar-refractivity contribution in [1.82, 2.24) is 4.98 Å². The first-order chi connectivity index (χ1) is 7.74. The zero-order valence-corrected chi connectivity index (χ0v) is 9.06. The number of ether oxygens (including phenoxy) is 2. The van der Waals surface area contributed by atoms with Crippen LogP contribution in [0, 0.1) is 0 Å². The molecule has 0 saturated heterocycles. The number of esters is 1. The van der Waals surface area contributed by atoms with E-state index in [1.54, 1.807) is 31.5 Å². The third-order valence-electron chi connectivity index (χ3n) is 2.31. The molecule has 0 saturated carbocycles. The first-order valence-electron chi connectivity index (χ1n) is 4.76. The molecular weight excluding hydrogens is 206 g/mol. The summed E-state index contributed by atoms with van der Waals surface area (Å²) in [6, 6.07) is 7.03. The Labute approximate surface area is 92.8 Å². The van der Waals surface area contributed by atoms with Crippen LogP contribution in [-0.4, -0.2) is 25.2 Å². The highest BCUT2D eigenvalue weighted by Gasteiger charge is 2.06. The molecule has 0 unspecified atom stereocenters. The fourth-order valence-electron chi connectivity index (χ4n) is 1.47. The van der Waals surface area contributed by atoms with Crippen molar-refractivity contribution in [2.24, 2.45) is 0 Å². The summed E-state index contributed by atoms with van der Waals surface area (Å²) < 4.78 is 9.72. The van der Waals surface area contributed by atoms with E-state index in [0.29, 0.717) is 11.3 Å². The van der Waals surface area contributed by atoms with E-state index in [2.05, 4.69) is 9.72 Å². The molecule has 82 valence electrons. The van der Waals surface area contributed by atoms with E-state index in [-0.39, 0.29) is 5.97 Å². The van der Waals surface area contributed by atoms with Crippen LogP contribution in [0.5, 0.6) is 5.75 Å². The standard InChI is InChI=1S/C12H11NO3/c1-15-10-6-9-5-8(12(14)16-2)3-4-11(9)13-7-10/h3-7H,1-2H3. The second-order valence-electron chi connectivity index (χ2n) is 3.27. The first kappa shape index (κ1) is 10.4. The molecule has 1 aromatic heterocycles. The SMILES string of the molecule is COC(=O)c1ccc2ncc(OC)cc2c1. The van der Waals surface area contributed by atoms with Gasteiger partial charge in [-0.3, -0.25) is 4.98 Å². The molecule has 4 nitrogen and oxygen atoms in total. The van der Waals surface area contributed by atoms with Gasteiger partial charge in [0.2, 0.25) is 0 Å². The van der Waals surface area contributed by atoms with Gasteiger partial charge >= 0.3 is 5.97 Å². The van der Waals surface area contributed by atoms with E-state index >= 15 is 0 Å². The number of fused-ring (bicyclic) bond motifs is 1. The Bertz CT molecular complexity index is 537. The smallest absolute Gasteiger partial charge is 0.337 e. The molecule has 0 N–H and O–H groups in total. The van der Waals surface area contributed by atoms with Gasteiger partial charge < -0.3 is 9.47 Å². The zero-order valence-electron chi connectivity index (χ0n) is 9.06. The summed E-state index contributed by atoms with van der Waals surface area (Å²) in [5, 5.41) is 0.849. The third-order valence-corrected chi connectivity index (χ3v) is 2.31. The Morgan fingerprint density at radius 3 is 2.75 bits per heavy atom. The molecule has 0 spiro atoms. The predicted molar refractivity (Wildman–Crippen MR) is 59.6 cm³/mol. The summed E-state index contributed by atoms with van der Waals surface area (Å²) in [5.74, 6) is 0.305. The number of carbonyl (C=O) groups is 1. The van der Waals surface area contributed by atoms with Crippen LogP contribution in [0.4, 0.5) is 0 Å². The van der Waals surface area contributed by atoms with Gasteiger partial charge in [-0.1, -0.05) is 0 Å². The van der Waals surface area contributed by atoms with E-state index in [1.165, 1.54) is 7.11 Å². The minimum absolute atomic E-state index is 0.357. The van der Waals surface area contributed by atoms with E-state index in [4.69, 9.17) is 4.74 Å². The van der Waals surface area contributed by atoms with Crippen LogP contribution >= 0.6 is 0 Å². The molecule has 0 radical (unpaired) electrons. The van der Waals surface area contributed by atoms with Gasteiger partial charge in [0.15, 0.2) is 0 Å². The minimum Gasteiger partial charge on any atom is -0.495 e. The third kappa shape index (κ3) is 1.82. The van der Waals surface area contributed by atoms with Crippen LogP contribution in [0.25, 0.3) is 10.9 Å². The van der Waals surface area contributed by atoms with Gasteiger partial charge in [0.1, 0.15) is 5.75 Å². The normalized spacial score (nSPS) is 10.1. The van der Waals surface area contributed by atoms with Crippen molar-refractivity contribution < 1.29 is 14.3 Å². The molecular formula is C12H11NO3. The Morgan fingerprint density at radius 2 is 2.06 bits per heavy atom. The first-order valence-corrected chi connectivity index (χ1v) is 4.76. The molecule has 0 atom stereocenters. The average molecular weight is 217 g/mol. The van der Waals surface area contributed by atoms with E-state index in [0.717, 1.165) is 10.9 Å². The molecule has 0 amide bonds. The maximum atomic E-state index is 11.3. The van der Waals surface area contributed by atoms with Crippen molar-refractivity contribution in [3.8, 4) is 5.75 Å². The molecule has 4 heteroatoms. The van der Waals surface area contributed by atoms with E-state index in [9.17, 15) is 4.79 Å². The molecule has 0 aliphatic rings. The molecule has 2 aromatic rings. The summed E-state index contributed by atoms with van der Waals surface area (Å²) >= 11 is 0. The van der Waals surface area contributed by atoms with Gasteiger partial charge in [-0.2, -0.15) is 0 Å². The number of rotatable bonds is 2. The van der Waals surface area contributed by atoms with E-state index < -0.39 is 0 Å². The monoisotopic (exact) mass is 217 g/mol. The number of carbonyl (C=O) groups excluding carboxylic acids is 1. The van der Waals surface area contributed by atoms with Crippen molar-refractivity contribution in [2.75, 3.05) is 14.2 Å². The fraction of sp³-hybridized carbons (Fsp3) is 0.167. The van der Waals surface area contributed by atoms with Gasteiger partial charge in [-0.15, -0.1) is 0 Å². The topological polar surface area (TPSA) is 48.4 Å². The molecule has 1 heterocycles. The predicted octanol–water partition coefficient (Wildman–Crippen LogP) is 2.03. The lowest BCUT2D eigenvalue weighted by Crippen LogP contribution is -2.00. The number of benzene rings is 1. The van der Waals surface area contributed by atoms with Crippen LogP contribution < -0.4 is 4.74 Å². The average Bonchev–Trinajstić information content (AvgIpc) is 2.36. The molecule has 0 fully saturated rings. The molecule has 0 aliphatic heterocycles.